The average molecular weight is 264 g/mol. The number of hydrogen-bond acceptors (Lipinski definition) is 3. The predicted octanol–water partition coefficient (Wildman–Crippen LogP) is 1.71. The fraction of sp³-hybridized carbons (Fsp3) is 0.500. The second kappa shape index (κ2) is 5.82. The number of fused-ring (bicyclic) bond motifs is 1. The molecule has 2 amide bonds. The lowest BCUT2D eigenvalue weighted by Gasteiger charge is -2.26. The van der Waals surface area contributed by atoms with Gasteiger partial charge in [-0.2, -0.15) is 0 Å². The van der Waals surface area contributed by atoms with Crippen LogP contribution in [0.5, 0.6) is 11.5 Å². The summed E-state index contributed by atoms with van der Waals surface area (Å²) >= 11 is 0. The number of ether oxygens (including phenoxy) is 2. The minimum atomic E-state index is -0.157. The van der Waals surface area contributed by atoms with Crippen LogP contribution < -0.4 is 20.1 Å². The largest absolute Gasteiger partial charge is 0.497 e. The summed E-state index contributed by atoms with van der Waals surface area (Å²) in [6, 6.07) is 5.67. The third-order valence-corrected chi connectivity index (χ3v) is 2.93. The van der Waals surface area contributed by atoms with Crippen molar-refractivity contribution in [3.8, 4) is 11.5 Å². The first-order chi connectivity index (χ1) is 9.08. The fourth-order valence-electron chi connectivity index (χ4n) is 2.08. The van der Waals surface area contributed by atoms with Crippen LogP contribution >= 0.6 is 0 Å². The van der Waals surface area contributed by atoms with Gasteiger partial charge in [0.15, 0.2) is 0 Å². The number of urea groups is 1. The van der Waals surface area contributed by atoms with E-state index in [9.17, 15) is 4.79 Å². The highest BCUT2D eigenvalue weighted by Crippen LogP contribution is 2.28. The molecule has 1 aromatic rings. The van der Waals surface area contributed by atoms with Gasteiger partial charge in [-0.05, 0) is 44.0 Å². The molecule has 2 rings (SSSR count). The van der Waals surface area contributed by atoms with Crippen molar-refractivity contribution in [1.82, 2.24) is 10.6 Å². The van der Waals surface area contributed by atoms with E-state index in [4.69, 9.17) is 9.47 Å². The molecular weight excluding hydrogens is 244 g/mol. The van der Waals surface area contributed by atoms with Crippen LogP contribution in [0.1, 0.15) is 19.4 Å². The molecule has 0 saturated heterocycles. The molecule has 0 aromatic heterocycles. The summed E-state index contributed by atoms with van der Waals surface area (Å²) in [4.78, 5) is 11.7. The molecule has 1 atom stereocenters. The van der Waals surface area contributed by atoms with Crippen LogP contribution in [-0.4, -0.2) is 31.8 Å². The molecule has 104 valence electrons. The van der Waals surface area contributed by atoms with Crippen LogP contribution in [0.15, 0.2) is 18.2 Å². The van der Waals surface area contributed by atoms with Gasteiger partial charge in [0.05, 0.1) is 13.2 Å². The van der Waals surface area contributed by atoms with Gasteiger partial charge in [-0.1, -0.05) is 0 Å². The minimum absolute atomic E-state index is 0.0154. The molecule has 0 radical (unpaired) electrons. The van der Waals surface area contributed by atoms with Gasteiger partial charge in [0, 0.05) is 6.04 Å². The van der Waals surface area contributed by atoms with Gasteiger partial charge in [-0.25, -0.2) is 4.79 Å². The highest BCUT2D eigenvalue weighted by atomic mass is 16.5. The number of benzene rings is 1. The quantitative estimate of drug-likeness (QED) is 0.873. The number of methoxy groups -OCH3 is 1. The summed E-state index contributed by atoms with van der Waals surface area (Å²) in [6.07, 6.45) is 0.748. The van der Waals surface area contributed by atoms with Crippen molar-refractivity contribution in [3.05, 3.63) is 23.8 Å². The van der Waals surface area contributed by atoms with Gasteiger partial charge in [-0.3, -0.25) is 0 Å². The molecule has 1 aliphatic heterocycles. The molecule has 1 aromatic carbocycles. The molecule has 1 aliphatic rings. The van der Waals surface area contributed by atoms with Crippen LogP contribution in [0.4, 0.5) is 4.79 Å². The van der Waals surface area contributed by atoms with E-state index in [2.05, 4.69) is 10.6 Å². The summed E-state index contributed by atoms with van der Waals surface area (Å²) in [5.74, 6) is 1.66. The highest BCUT2D eigenvalue weighted by Gasteiger charge is 2.22. The molecule has 0 saturated carbocycles. The van der Waals surface area contributed by atoms with Crippen LogP contribution in [-0.2, 0) is 6.42 Å². The third kappa shape index (κ3) is 3.53. The molecule has 0 aliphatic carbocycles. The maximum absolute atomic E-state index is 11.7. The molecule has 2 N–H and O–H groups in total. The van der Waals surface area contributed by atoms with Gasteiger partial charge in [-0.15, -0.1) is 0 Å². The number of hydrogen-bond donors (Lipinski definition) is 2. The second-order valence-electron chi connectivity index (χ2n) is 4.96. The molecule has 5 nitrogen and oxygen atoms in total. The first-order valence-electron chi connectivity index (χ1n) is 6.45. The van der Waals surface area contributed by atoms with E-state index < -0.39 is 0 Å². The van der Waals surface area contributed by atoms with Gasteiger partial charge in [0.25, 0.3) is 0 Å². The molecule has 0 unspecified atom stereocenters. The van der Waals surface area contributed by atoms with Gasteiger partial charge < -0.3 is 20.1 Å². The minimum Gasteiger partial charge on any atom is -0.497 e. The van der Waals surface area contributed by atoms with Crippen molar-refractivity contribution in [3.63, 3.8) is 0 Å². The van der Waals surface area contributed by atoms with Gasteiger partial charge in [0.2, 0.25) is 0 Å². The molecule has 19 heavy (non-hydrogen) atoms. The standard InChI is InChI=1S/C14H20N2O3/c1-9(2)15-14(17)16-11-6-10-7-12(18-3)4-5-13(10)19-8-11/h4-5,7,9,11H,6,8H2,1-3H3,(H2,15,16,17)/t11-/m1/s1. The van der Waals surface area contributed by atoms with Crippen molar-refractivity contribution >= 4 is 6.03 Å². The summed E-state index contributed by atoms with van der Waals surface area (Å²) in [5.41, 5.74) is 1.06. The zero-order chi connectivity index (χ0) is 13.8. The van der Waals surface area contributed by atoms with Crippen LogP contribution in [0.25, 0.3) is 0 Å². The highest BCUT2D eigenvalue weighted by molar-refractivity contribution is 5.74. The maximum Gasteiger partial charge on any atom is 0.315 e. The second-order valence-corrected chi connectivity index (χ2v) is 4.96. The van der Waals surface area contributed by atoms with Gasteiger partial charge >= 0.3 is 6.03 Å². The predicted molar refractivity (Wildman–Crippen MR) is 72.8 cm³/mol. The number of rotatable bonds is 3. The Hall–Kier alpha value is -1.91. The Balaban J connectivity index is 1.99. The normalized spacial score (nSPS) is 17.4. The molecule has 0 fully saturated rings. The summed E-state index contributed by atoms with van der Waals surface area (Å²) < 4.78 is 10.8. The number of amides is 2. The van der Waals surface area contributed by atoms with Crippen molar-refractivity contribution in [2.45, 2.75) is 32.4 Å². The van der Waals surface area contributed by atoms with E-state index >= 15 is 0 Å². The number of carbonyl (C=O) groups excluding carboxylic acids is 1. The molecule has 0 spiro atoms. The molecule has 5 heteroatoms. The monoisotopic (exact) mass is 264 g/mol. The SMILES string of the molecule is COc1ccc2c(c1)C[C@@H](NC(=O)NC(C)C)CO2. The number of carbonyl (C=O) groups is 1. The molecule has 0 bridgehead atoms. The Labute approximate surface area is 113 Å². The number of nitrogens with one attached hydrogen (secondary N) is 2. The van der Waals surface area contributed by atoms with Crippen molar-refractivity contribution in [2.75, 3.05) is 13.7 Å². The zero-order valence-corrected chi connectivity index (χ0v) is 11.5. The lowest BCUT2D eigenvalue weighted by Crippen LogP contribution is -2.48. The summed E-state index contributed by atoms with van der Waals surface area (Å²) in [6.45, 7) is 4.35. The molecular formula is C14H20N2O3. The van der Waals surface area contributed by atoms with Crippen LogP contribution in [0, 0.1) is 0 Å². The Morgan fingerprint density at radius 1 is 1.47 bits per heavy atom. The van der Waals surface area contributed by atoms with Crippen LogP contribution in [0.3, 0.4) is 0 Å². The van der Waals surface area contributed by atoms with Gasteiger partial charge in [0.1, 0.15) is 18.1 Å². The summed E-state index contributed by atoms with van der Waals surface area (Å²) in [7, 11) is 1.64. The first-order valence-corrected chi connectivity index (χ1v) is 6.45. The maximum atomic E-state index is 11.7. The molecule has 1 heterocycles. The first kappa shape index (κ1) is 13.5. The smallest absolute Gasteiger partial charge is 0.315 e. The Kier molecular flexibility index (Phi) is 4.14. The fourth-order valence-corrected chi connectivity index (χ4v) is 2.08. The lowest BCUT2D eigenvalue weighted by molar-refractivity contribution is 0.212. The van der Waals surface area contributed by atoms with Crippen molar-refractivity contribution in [2.24, 2.45) is 0 Å². The van der Waals surface area contributed by atoms with Crippen molar-refractivity contribution in [1.29, 1.82) is 0 Å². The Morgan fingerprint density at radius 3 is 2.95 bits per heavy atom. The Bertz CT molecular complexity index is 460. The lowest BCUT2D eigenvalue weighted by atomic mass is 10.0. The van der Waals surface area contributed by atoms with Crippen molar-refractivity contribution < 1.29 is 14.3 Å². The van der Waals surface area contributed by atoms with Crippen LogP contribution in [0.2, 0.25) is 0 Å². The van der Waals surface area contributed by atoms with E-state index in [1.54, 1.807) is 7.11 Å². The van der Waals surface area contributed by atoms with E-state index in [1.165, 1.54) is 0 Å². The van der Waals surface area contributed by atoms with E-state index in [1.807, 2.05) is 32.0 Å². The summed E-state index contributed by atoms with van der Waals surface area (Å²) in [5, 5.41) is 5.72. The van der Waals surface area contributed by atoms with E-state index in [-0.39, 0.29) is 18.1 Å². The average Bonchev–Trinajstić information content (AvgIpc) is 2.36. The van der Waals surface area contributed by atoms with E-state index in [0.717, 1.165) is 23.5 Å². The topological polar surface area (TPSA) is 59.6 Å². The third-order valence-electron chi connectivity index (χ3n) is 2.93. The van der Waals surface area contributed by atoms with E-state index in [0.29, 0.717) is 6.61 Å². The zero-order valence-electron chi connectivity index (χ0n) is 11.5. The Morgan fingerprint density at radius 2 is 2.26 bits per heavy atom.